The van der Waals surface area contributed by atoms with E-state index in [0.717, 1.165) is 12.8 Å². The first-order valence-electron chi connectivity index (χ1n) is 6.23. The molecule has 0 spiro atoms. The lowest BCUT2D eigenvalue weighted by Gasteiger charge is -2.10. The number of alkyl halides is 1. The van der Waals surface area contributed by atoms with Crippen LogP contribution in [0.5, 0.6) is 0 Å². The third kappa shape index (κ3) is 2.61. The Hall–Kier alpha value is -1.49. The number of hydrogen-bond acceptors (Lipinski definition) is 3. The molecule has 0 fully saturated rings. The van der Waals surface area contributed by atoms with Gasteiger partial charge in [0, 0.05) is 6.92 Å². The van der Waals surface area contributed by atoms with Gasteiger partial charge in [0.25, 0.3) is 0 Å². The molecule has 100 valence electrons. The minimum Gasteiger partial charge on any atom is -0.291 e. The van der Waals surface area contributed by atoms with Gasteiger partial charge < -0.3 is 0 Å². The van der Waals surface area contributed by atoms with E-state index < -0.39 is 0 Å². The molecule has 0 bridgehead atoms. The Kier molecular flexibility index (Phi) is 4.14. The van der Waals surface area contributed by atoms with Crippen LogP contribution >= 0.6 is 15.9 Å². The number of imidazole rings is 1. The van der Waals surface area contributed by atoms with Crippen LogP contribution in [0.15, 0.2) is 24.3 Å². The Labute approximate surface area is 119 Å². The fourth-order valence-corrected chi connectivity index (χ4v) is 2.66. The standard InChI is InChI=1S/C14H15BrN2O2/c1-3-6-10(15)14(19)17-12-8-5-4-7-11(12)16-13(17)9(2)18/h4-5,7-8,10H,3,6H2,1-2H3. The van der Waals surface area contributed by atoms with Gasteiger partial charge in [-0.05, 0) is 18.6 Å². The minimum absolute atomic E-state index is 0.138. The van der Waals surface area contributed by atoms with Crippen molar-refractivity contribution in [2.75, 3.05) is 0 Å². The molecule has 5 heteroatoms. The third-order valence-corrected chi connectivity index (χ3v) is 3.76. The average molecular weight is 323 g/mol. The summed E-state index contributed by atoms with van der Waals surface area (Å²) in [7, 11) is 0. The van der Waals surface area contributed by atoms with Crippen LogP contribution in [-0.4, -0.2) is 26.1 Å². The zero-order chi connectivity index (χ0) is 14.0. The summed E-state index contributed by atoms with van der Waals surface area (Å²) < 4.78 is 1.42. The maximum atomic E-state index is 12.5. The van der Waals surface area contributed by atoms with Gasteiger partial charge >= 0.3 is 0 Å². The van der Waals surface area contributed by atoms with Gasteiger partial charge in [-0.15, -0.1) is 0 Å². The molecule has 1 heterocycles. The molecule has 4 nitrogen and oxygen atoms in total. The van der Waals surface area contributed by atoms with Crippen LogP contribution in [0.25, 0.3) is 11.0 Å². The van der Waals surface area contributed by atoms with Crippen LogP contribution in [0, 0.1) is 0 Å². The van der Waals surface area contributed by atoms with Crippen LogP contribution in [-0.2, 0) is 0 Å². The largest absolute Gasteiger partial charge is 0.291 e. The van der Waals surface area contributed by atoms with Crippen LogP contribution in [0.3, 0.4) is 0 Å². The van der Waals surface area contributed by atoms with Crippen molar-refractivity contribution in [2.45, 2.75) is 31.5 Å². The Bertz CT molecular complexity index is 633. The second-order valence-corrected chi connectivity index (χ2v) is 5.52. The molecule has 0 N–H and O–H groups in total. The molecule has 0 saturated carbocycles. The molecule has 1 aromatic heterocycles. The first kappa shape index (κ1) is 13.9. The van der Waals surface area contributed by atoms with Gasteiger partial charge in [-0.1, -0.05) is 41.4 Å². The highest BCUT2D eigenvalue weighted by molar-refractivity contribution is 9.10. The van der Waals surface area contributed by atoms with Gasteiger partial charge in [0.05, 0.1) is 15.9 Å². The van der Waals surface area contributed by atoms with Gasteiger partial charge in [0.2, 0.25) is 5.91 Å². The maximum Gasteiger partial charge on any atom is 0.246 e. The lowest BCUT2D eigenvalue weighted by Crippen LogP contribution is -2.24. The van der Waals surface area contributed by atoms with E-state index in [-0.39, 0.29) is 22.3 Å². The molecule has 19 heavy (non-hydrogen) atoms. The number of halogens is 1. The summed E-state index contributed by atoms with van der Waals surface area (Å²) in [5.74, 6) is -0.145. The van der Waals surface area contributed by atoms with Crippen molar-refractivity contribution >= 4 is 38.7 Å². The number of Topliss-reactive ketones (excluding diaryl/α,β-unsaturated/α-hetero) is 1. The van der Waals surface area contributed by atoms with Crippen molar-refractivity contribution in [3.8, 4) is 0 Å². The summed E-state index contributed by atoms with van der Waals surface area (Å²) in [4.78, 5) is 28.1. The number of hydrogen-bond donors (Lipinski definition) is 0. The summed E-state index contributed by atoms with van der Waals surface area (Å²) in [6.45, 7) is 3.44. The van der Waals surface area contributed by atoms with Crippen molar-refractivity contribution in [3.63, 3.8) is 0 Å². The zero-order valence-corrected chi connectivity index (χ0v) is 12.5. The third-order valence-electron chi connectivity index (χ3n) is 2.91. The molecule has 2 aromatic rings. The topological polar surface area (TPSA) is 52.0 Å². The van der Waals surface area contributed by atoms with Crippen molar-refractivity contribution in [1.29, 1.82) is 0 Å². The molecular weight excluding hydrogens is 308 g/mol. The molecule has 0 saturated heterocycles. The quantitative estimate of drug-likeness (QED) is 0.640. The molecule has 1 atom stereocenters. The highest BCUT2D eigenvalue weighted by Gasteiger charge is 2.23. The molecule has 1 aromatic carbocycles. The van der Waals surface area contributed by atoms with Crippen molar-refractivity contribution < 1.29 is 9.59 Å². The first-order chi connectivity index (χ1) is 9.06. The summed E-state index contributed by atoms with van der Waals surface area (Å²) in [5, 5.41) is 0. The first-order valence-corrected chi connectivity index (χ1v) is 7.14. The van der Waals surface area contributed by atoms with Gasteiger partial charge in [-0.3, -0.25) is 14.2 Å². The van der Waals surface area contributed by atoms with Crippen molar-refractivity contribution in [1.82, 2.24) is 9.55 Å². The Morgan fingerprint density at radius 1 is 1.37 bits per heavy atom. The highest BCUT2D eigenvalue weighted by Crippen LogP contribution is 2.20. The van der Waals surface area contributed by atoms with Gasteiger partial charge in [-0.2, -0.15) is 0 Å². The van der Waals surface area contributed by atoms with Crippen LogP contribution in [0.2, 0.25) is 0 Å². The Balaban J connectivity index is 2.59. The van der Waals surface area contributed by atoms with Crippen molar-refractivity contribution in [3.05, 3.63) is 30.1 Å². The number of ketones is 1. The number of carbonyl (C=O) groups is 2. The second-order valence-electron chi connectivity index (χ2n) is 4.41. The smallest absolute Gasteiger partial charge is 0.246 e. The van der Waals surface area contributed by atoms with Crippen molar-refractivity contribution in [2.24, 2.45) is 0 Å². The summed E-state index contributed by atoms with van der Waals surface area (Å²) in [6.07, 6.45) is 1.62. The average Bonchev–Trinajstić information content (AvgIpc) is 2.77. The monoisotopic (exact) mass is 322 g/mol. The second kappa shape index (κ2) is 5.65. The number of fused-ring (bicyclic) bond motifs is 1. The van der Waals surface area contributed by atoms with Crippen LogP contribution in [0.4, 0.5) is 0 Å². The molecule has 2 rings (SSSR count). The number of rotatable bonds is 4. The van der Waals surface area contributed by atoms with E-state index in [1.807, 2.05) is 19.1 Å². The van der Waals surface area contributed by atoms with Gasteiger partial charge in [-0.25, -0.2) is 4.98 Å². The van der Waals surface area contributed by atoms with E-state index in [0.29, 0.717) is 11.0 Å². The van der Waals surface area contributed by atoms with E-state index in [9.17, 15) is 9.59 Å². The van der Waals surface area contributed by atoms with E-state index in [1.54, 1.807) is 12.1 Å². The molecule has 0 amide bonds. The maximum absolute atomic E-state index is 12.5. The fraction of sp³-hybridized carbons (Fsp3) is 0.357. The Morgan fingerprint density at radius 2 is 2.05 bits per heavy atom. The number of para-hydroxylation sites is 2. The zero-order valence-electron chi connectivity index (χ0n) is 10.9. The van der Waals surface area contributed by atoms with E-state index in [4.69, 9.17) is 0 Å². The molecule has 0 aliphatic rings. The summed E-state index contributed by atoms with van der Waals surface area (Å²) in [5.41, 5.74) is 1.34. The predicted molar refractivity (Wildman–Crippen MR) is 78.0 cm³/mol. The molecular formula is C14H15BrN2O2. The Morgan fingerprint density at radius 3 is 2.68 bits per heavy atom. The SMILES string of the molecule is CCCC(Br)C(=O)n1c(C(C)=O)nc2ccccc21. The van der Waals surface area contributed by atoms with Gasteiger partial charge in [0.15, 0.2) is 11.6 Å². The lowest BCUT2D eigenvalue weighted by molar-refractivity contribution is 0.0889. The summed E-state index contributed by atoms with van der Waals surface area (Å²) in [6, 6.07) is 7.28. The predicted octanol–water partition coefficient (Wildman–Crippen LogP) is 3.44. The van der Waals surface area contributed by atoms with Crippen LogP contribution in [0.1, 0.15) is 42.1 Å². The van der Waals surface area contributed by atoms with E-state index >= 15 is 0 Å². The van der Waals surface area contributed by atoms with Crippen LogP contribution < -0.4 is 0 Å². The van der Waals surface area contributed by atoms with E-state index in [1.165, 1.54) is 11.5 Å². The normalized spacial score (nSPS) is 12.6. The lowest BCUT2D eigenvalue weighted by atomic mass is 10.2. The number of benzene rings is 1. The highest BCUT2D eigenvalue weighted by atomic mass is 79.9. The minimum atomic E-state index is -0.298. The molecule has 0 aliphatic carbocycles. The fourth-order valence-electron chi connectivity index (χ4n) is 2.00. The molecule has 0 aliphatic heterocycles. The molecule has 0 radical (unpaired) electrons. The number of nitrogens with zero attached hydrogens (tertiary/aromatic N) is 2. The number of aromatic nitrogens is 2. The summed E-state index contributed by atoms with van der Waals surface area (Å²) >= 11 is 3.38. The molecule has 1 unspecified atom stereocenters. The van der Waals surface area contributed by atoms with E-state index in [2.05, 4.69) is 20.9 Å². The number of carbonyl (C=O) groups excluding carboxylic acids is 2. The van der Waals surface area contributed by atoms with Gasteiger partial charge in [0.1, 0.15) is 0 Å².